The van der Waals surface area contributed by atoms with Gasteiger partial charge in [0.25, 0.3) is 0 Å². The molecular formula is C18H37N3O2. The molecule has 0 radical (unpaired) electrons. The molecule has 1 heterocycles. The zero-order chi connectivity index (χ0) is 17.3. The van der Waals surface area contributed by atoms with E-state index in [1.807, 2.05) is 20.8 Å². The Morgan fingerprint density at radius 2 is 1.65 bits per heavy atom. The maximum atomic E-state index is 11.6. The van der Waals surface area contributed by atoms with E-state index in [4.69, 9.17) is 4.74 Å². The summed E-state index contributed by atoms with van der Waals surface area (Å²) >= 11 is 0. The Morgan fingerprint density at radius 3 is 2.13 bits per heavy atom. The zero-order valence-electron chi connectivity index (χ0n) is 15.9. The van der Waals surface area contributed by atoms with E-state index in [1.165, 1.54) is 25.7 Å². The third-order valence-electron chi connectivity index (χ3n) is 4.26. The Balaban J connectivity index is 2.22. The van der Waals surface area contributed by atoms with Gasteiger partial charge in [-0.15, -0.1) is 0 Å². The van der Waals surface area contributed by atoms with E-state index < -0.39 is 5.60 Å². The van der Waals surface area contributed by atoms with Gasteiger partial charge in [0.15, 0.2) is 0 Å². The summed E-state index contributed by atoms with van der Waals surface area (Å²) in [4.78, 5) is 16.7. The highest BCUT2D eigenvalue weighted by atomic mass is 16.6. The second-order valence-corrected chi connectivity index (χ2v) is 7.54. The molecule has 0 aliphatic carbocycles. The average Bonchev–Trinajstić information content (AvgIpc) is 2.46. The Labute approximate surface area is 142 Å². The second-order valence-electron chi connectivity index (χ2n) is 7.54. The van der Waals surface area contributed by atoms with Gasteiger partial charge in [-0.2, -0.15) is 0 Å². The number of nitrogens with one attached hydrogen (secondary N) is 1. The molecule has 1 amide bonds. The van der Waals surface area contributed by atoms with Crippen molar-refractivity contribution in [2.75, 3.05) is 39.3 Å². The van der Waals surface area contributed by atoms with Crippen molar-refractivity contribution in [2.24, 2.45) is 0 Å². The average molecular weight is 328 g/mol. The van der Waals surface area contributed by atoms with Gasteiger partial charge < -0.3 is 10.1 Å². The SMILES string of the molecule is CCCC(CCC)N1CCN(CCNC(=O)OC(C)(C)C)CC1. The summed E-state index contributed by atoms with van der Waals surface area (Å²) in [7, 11) is 0. The molecule has 1 aliphatic heterocycles. The number of amides is 1. The molecule has 0 unspecified atom stereocenters. The number of ether oxygens (including phenoxy) is 1. The molecule has 1 aliphatic rings. The van der Waals surface area contributed by atoms with Crippen LogP contribution in [0.4, 0.5) is 4.79 Å². The fourth-order valence-electron chi connectivity index (χ4n) is 3.16. The van der Waals surface area contributed by atoms with Crippen LogP contribution in [-0.4, -0.2) is 66.8 Å². The minimum absolute atomic E-state index is 0.318. The number of alkyl carbamates (subject to hydrolysis) is 1. The highest BCUT2D eigenvalue weighted by molar-refractivity contribution is 5.67. The Hall–Kier alpha value is -0.810. The van der Waals surface area contributed by atoms with E-state index >= 15 is 0 Å². The van der Waals surface area contributed by atoms with Gasteiger partial charge in [0.05, 0.1) is 0 Å². The molecule has 1 fully saturated rings. The number of carbonyl (C=O) groups excluding carboxylic acids is 1. The summed E-state index contributed by atoms with van der Waals surface area (Å²) < 4.78 is 5.25. The molecule has 5 nitrogen and oxygen atoms in total. The molecule has 5 heteroatoms. The minimum Gasteiger partial charge on any atom is -0.444 e. The quantitative estimate of drug-likeness (QED) is 0.744. The van der Waals surface area contributed by atoms with E-state index in [0.29, 0.717) is 6.54 Å². The topological polar surface area (TPSA) is 44.8 Å². The summed E-state index contributed by atoms with van der Waals surface area (Å²) in [6.45, 7) is 16.3. The lowest BCUT2D eigenvalue weighted by molar-refractivity contribution is 0.0508. The van der Waals surface area contributed by atoms with Crippen LogP contribution in [0.15, 0.2) is 0 Å². The van der Waals surface area contributed by atoms with Crippen molar-refractivity contribution in [1.29, 1.82) is 0 Å². The molecule has 0 spiro atoms. The number of nitrogens with zero attached hydrogens (tertiary/aromatic N) is 2. The van der Waals surface area contributed by atoms with Crippen LogP contribution in [0.5, 0.6) is 0 Å². The van der Waals surface area contributed by atoms with Crippen LogP contribution in [0.1, 0.15) is 60.3 Å². The van der Waals surface area contributed by atoms with Crippen LogP contribution < -0.4 is 5.32 Å². The first-order valence-electron chi connectivity index (χ1n) is 9.29. The second kappa shape index (κ2) is 10.1. The van der Waals surface area contributed by atoms with Crippen molar-refractivity contribution in [3.05, 3.63) is 0 Å². The van der Waals surface area contributed by atoms with Crippen molar-refractivity contribution >= 4 is 6.09 Å². The maximum Gasteiger partial charge on any atom is 0.407 e. The first-order valence-corrected chi connectivity index (χ1v) is 9.29. The van der Waals surface area contributed by atoms with Crippen molar-refractivity contribution < 1.29 is 9.53 Å². The third kappa shape index (κ3) is 8.56. The monoisotopic (exact) mass is 327 g/mol. The molecule has 0 atom stereocenters. The molecule has 0 bridgehead atoms. The minimum atomic E-state index is -0.427. The predicted octanol–water partition coefficient (Wildman–Crippen LogP) is 3.10. The number of carbonyl (C=O) groups is 1. The molecule has 0 aromatic carbocycles. The van der Waals surface area contributed by atoms with E-state index in [9.17, 15) is 4.79 Å². The molecule has 1 rings (SSSR count). The lowest BCUT2D eigenvalue weighted by atomic mass is 10.0. The molecular weight excluding hydrogens is 290 g/mol. The fraction of sp³-hybridized carbons (Fsp3) is 0.944. The van der Waals surface area contributed by atoms with Crippen LogP contribution in [-0.2, 0) is 4.74 Å². The van der Waals surface area contributed by atoms with E-state index in [2.05, 4.69) is 29.0 Å². The summed E-state index contributed by atoms with van der Waals surface area (Å²) in [6, 6.07) is 0.757. The van der Waals surface area contributed by atoms with Gasteiger partial charge in [-0.05, 0) is 33.6 Å². The standard InChI is InChI=1S/C18H37N3O2/c1-6-8-16(9-7-2)21-14-12-20(13-15-21)11-10-19-17(22)23-18(3,4)5/h16H,6-15H2,1-5H3,(H,19,22). The highest BCUT2D eigenvalue weighted by Crippen LogP contribution is 2.15. The molecule has 1 saturated heterocycles. The van der Waals surface area contributed by atoms with Crippen LogP contribution in [0.2, 0.25) is 0 Å². The van der Waals surface area contributed by atoms with Gasteiger partial charge in [0, 0.05) is 45.3 Å². The van der Waals surface area contributed by atoms with Crippen LogP contribution in [0, 0.1) is 0 Å². The van der Waals surface area contributed by atoms with Crippen molar-refractivity contribution in [3.63, 3.8) is 0 Å². The summed E-state index contributed by atoms with van der Waals surface area (Å²) in [5, 5.41) is 2.84. The number of piperazine rings is 1. The number of hydrogen-bond acceptors (Lipinski definition) is 4. The predicted molar refractivity (Wildman–Crippen MR) is 95.9 cm³/mol. The van der Waals surface area contributed by atoms with Gasteiger partial charge in [-0.1, -0.05) is 26.7 Å². The van der Waals surface area contributed by atoms with Crippen molar-refractivity contribution in [2.45, 2.75) is 71.9 Å². The van der Waals surface area contributed by atoms with Gasteiger partial charge >= 0.3 is 6.09 Å². The molecule has 1 N–H and O–H groups in total. The number of rotatable bonds is 8. The lowest BCUT2D eigenvalue weighted by Crippen LogP contribution is -2.51. The van der Waals surface area contributed by atoms with Crippen LogP contribution >= 0.6 is 0 Å². The Kier molecular flexibility index (Phi) is 8.92. The Bertz CT molecular complexity index is 328. The number of hydrogen-bond donors (Lipinski definition) is 1. The van der Waals surface area contributed by atoms with E-state index in [1.54, 1.807) is 0 Å². The van der Waals surface area contributed by atoms with Crippen molar-refractivity contribution in [3.8, 4) is 0 Å². The highest BCUT2D eigenvalue weighted by Gasteiger charge is 2.22. The maximum absolute atomic E-state index is 11.6. The molecule has 23 heavy (non-hydrogen) atoms. The summed E-state index contributed by atoms with van der Waals surface area (Å²) in [6.07, 6.45) is 4.85. The molecule has 0 saturated carbocycles. The lowest BCUT2D eigenvalue weighted by Gasteiger charge is -2.39. The van der Waals surface area contributed by atoms with Gasteiger partial charge in [0.2, 0.25) is 0 Å². The first kappa shape index (κ1) is 20.2. The van der Waals surface area contributed by atoms with E-state index in [-0.39, 0.29) is 6.09 Å². The molecule has 0 aromatic rings. The van der Waals surface area contributed by atoms with Crippen LogP contribution in [0.25, 0.3) is 0 Å². The summed E-state index contributed by atoms with van der Waals surface area (Å²) in [5.74, 6) is 0. The third-order valence-corrected chi connectivity index (χ3v) is 4.26. The summed E-state index contributed by atoms with van der Waals surface area (Å²) in [5.41, 5.74) is -0.427. The van der Waals surface area contributed by atoms with E-state index in [0.717, 1.165) is 38.8 Å². The van der Waals surface area contributed by atoms with Crippen LogP contribution in [0.3, 0.4) is 0 Å². The Morgan fingerprint density at radius 1 is 1.09 bits per heavy atom. The van der Waals surface area contributed by atoms with Gasteiger partial charge in [-0.3, -0.25) is 9.80 Å². The smallest absolute Gasteiger partial charge is 0.407 e. The zero-order valence-corrected chi connectivity index (χ0v) is 15.9. The molecule has 136 valence electrons. The largest absolute Gasteiger partial charge is 0.444 e. The fourth-order valence-corrected chi connectivity index (χ4v) is 3.16. The van der Waals surface area contributed by atoms with Gasteiger partial charge in [0.1, 0.15) is 5.60 Å². The normalized spacial score (nSPS) is 17.5. The first-order chi connectivity index (χ1) is 10.9. The van der Waals surface area contributed by atoms with Crippen molar-refractivity contribution in [1.82, 2.24) is 15.1 Å². The van der Waals surface area contributed by atoms with Gasteiger partial charge in [-0.25, -0.2) is 4.79 Å². The molecule has 0 aromatic heterocycles.